The number of nitro groups is 3. The van der Waals surface area contributed by atoms with Crippen molar-refractivity contribution in [1.82, 2.24) is 9.97 Å². The van der Waals surface area contributed by atoms with Crippen LogP contribution in [0.2, 0.25) is 0 Å². The van der Waals surface area contributed by atoms with Gasteiger partial charge in [0.1, 0.15) is 0 Å². The summed E-state index contributed by atoms with van der Waals surface area (Å²) in [6.07, 6.45) is 4.39. The Balaban J connectivity index is 0.000000293. The molecule has 0 bridgehead atoms. The number of methoxy groups -OCH3 is 1. The van der Waals surface area contributed by atoms with E-state index in [9.17, 15) is 30.3 Å². The van der Waals surface area contributed by atoms with Gasteiger partial charge in [-0.25, -0.2) is 4.98 Å². The fraction of sp³-hybridized carbons (Fsp3) is 0.250. The Kier molecular flexibility index (Phi) is 6.90. The minimum Gasteiger partial charge on any atom is -0.497 e. The Morgan fingerprint density at radius 1 is 1.12 bits per heavy atom. The zero-order chi connectivity index (χ0) is 19.0. The van der Waals surface area contributed by atoms with E-state index in [2.05, 4.69) is 9.97 Å². The first-order valence-corrected chi connectivity index (χ1v) is 6.54. The summed E-state index contributed by atoms with van der Waals surface area (Å²) in [5.41, 5.74) is -1.88. The molecule has 13 heteroatoms. The van der Waals surface area contributed by atoms with Crippen molar-refractivity contribution in [3.05, 3.63) is 60.7 Å². The van der Waals surface area contributed by atoms with Crippen molar-refractivity contribution in [1.29, 1.82) is 0 Å². The van der Waals surface area contributed by atoms with E-state index < -0.39 is 37.6 Å². The van der Waals surface area contributed by atoms with E-state index in [1.165, 1.54) is 0 Å². The van der Waals surface area contributed by atoms with Gasteiger partial charge in [0.15, 0.2) is 0 Å². The van der Waals surface area contributed by atoms with Crippen LogP contribution in [0.3, 0.4) is 0 Å². The number of nitrogens with zero attached hydrogens (tertiary/aromatic N) is 4. The molecule has 0 amide bonds. The third-order valence-electron chi connectivity index (χ3n) is 2.79. The summed E-state index contributed by atoms with van der Waals surface area (Å²) >= 11 is 0. The van der Waals surface area contributed by atoms with Crippen molar-refractivity contribution in [2.75, 3.05) is 13.7 Å². The maximum absolute atomic E-state index is 10.4. The average molecular weight is 355 g/mol. The predicted molar refractivity (Wildman–Crippen MR) is 82.2 cm³/mol. The van der Waals surface area contributed by atoms with Crippen molar-refractivity contribution >= 4 is 17.1 Å². The molecule has 0 unspecified atom stereocenters. The van der Waals surface area contributed by atoms with E-state index in [-0.39, 0.29) is 0 Å². The number of nitro benzene ring substituents is 3. The highest BCUT2D eigenvalue weighted by atomic mass is 16.6. The molecule has 0 saturated carbocycles. The number of aromatic hydroxyl groups is 1. The van der Waals surface area contributed by atoms with Gasteiger partial charge >= 0.3 is 11.4 Å². The van der Waals surface area contributed by atoms with Crippen LogP contribution in [0.15, 0.2) is 24.7 Å². The molecule has 1 aromatic carbocycles. The first kappa shape index (κ1) is 19.4. The van der Waals surface area contributed by atoms with Crippen molar-refractivity contribution in [2.45, 2.75) is 6.42 Å². The fourth-order valence-electron chi connectivity index (χ4n) is 1.61. The van der Waals surface area contributed by atoms with Crippen LogP contribution in [0, 0.1) is 30.3 Å². The molecule has 25 heavy (non-hydrogen) atoms. The summed E-state index contributed by atoms with van der Waals surface area (Å²) in [6, 6.07) is 0.894. The fourth-order valence-corrected chi connectivity index (χ4v) is 1.61. The van der Waals surface area contributed by atoms with Crippen LogP contribution >= 0.6 is 0 Å². The van der Waals surface area contributed by atoms with Gasteiger partial charge in [-0.2, -0.15) is 0 Å². The average Bonchev–Trinajstić information content (AvgIpc) is 3.06. The number of rotatable bonds is 6. The smallest absolute Gasteiger partial charge is 0.324 e. The maximum atomic E-state index is 10.4. The Labute approximate surface area is 139 Å². The third-order valence-corrected chi connectivity index (χ3v) is 2.79. The Morgan fingerprint density at radius 2 is 1.68 bits per heavy atom. The number of H-pyrrole nitrogens is 1. The van der Waals surface area contributed by atoms with Gasteiger partial charge in [-0.1, -0.05) is 0 Å². The number of phenolic OH excluding ortho intramolecular Hbond substituents is 1. The zero-order valence-electron chi connectivity index (χ0n) is 12.8. The first-order valence-electron chi connectivity index (χ1n) is 6.54. The second-order valence-electron chi connectivity index (χ2n) is 4.42. The number of hydrogen-bond donors (Lipinski definition) is 2. The normalized spacial score (nSPS) is 9.80. The van der Waals surface area contributed by atoms with Crippen LogP contribution in [0.4, 0.5) is 17.1 Å². The molecule has 2 rings (SSSR count). The monoisotopic (exact) mass is 355 g/mol. The van der Waals surface area contributed by atoms with Crippen LogP contribution in [-0.4, -0.2) is 43.6 Å². The lowest BCUT2D eigenvalue weighted by molar-refractivity contribution is -0.404. The van der Waals surface area contributed by atoms with Gasteiger partial charge in [0.05, 0.1) is 39.8 Å². The number of nitrogens with one attached hydrogen (secondary N) is 1. The molecule has 0 aliphatic carbocycles. The summed E-state index contributed by atoms with van der Waals surface area (Å²) in [5, 5.41) is 40.2. The van der Waals surface area contributed by atoms with Crippen LogP contribution < -0.4 is 0 Å². The molecule has 2 N–H and O–H groups in total. The number of phenols is 1. The van der Waals surface area contributed by atoms with E-state index in [0.717, 1.165) is 18.7 Å². The van der Waals surface area contributed by atoms with Crippen molar-refractivity contribution < 1.29 is 24.6 Å². The Bertz CT molecular complexity index is 726. The summed E-state index contributed by atoms with van der Waals surface area (Å²) < 4.78 is 4.87. The zero-order valence-corrected chi connectivity index (χ0v) is 12.8. The van der Waals surface area contributed by atoms with E-state index >= 15 is 0 Å². The lowest BCUT2D eigenvalue weighted by Gasteiger charge is -1.97. The number of aromatic nitrogens is 2. The molecule has 1 heterocycles. The largest absolute Gasteiger partial charge is 0.497 e. The summed E-state index contributed by atoms with van der Waals surface area (Å²) in [4.78, 5) is 34.6. The highest BCUT2D eigenvalue weighted by Gasteiger charge is 2.30. The Hall–Kier alpha value is -3.61. The molecular formula is C12H13N5O8. The molecular weight excluding hydrogens is 342 g/mol. The van der Waals surface area contributed by atoms with Gasteiger partial charge in [-0.3, -0.25) is 30.3 Å². The standard InChI is InChI=1S/C6H3N3O7.C6H10N2O/c10-6-4(8(13)14)1-3(7(11)12)2-5(6)9(15)16;1-9-3-2-6-4-7-5-8-6/h1-2,10H;4-5H,2-3H2,1H3,(H,7,8). The van der Waals surface area contributed by atoms with Crippen LogP contribution in [0.25, 0.3) is 0 Å². The second kappa shape index (κ2) is 8.88. The van der Waals surface area contributed by atoms with Crippen molar-refractivity contribution in [3.8, 4) is 5.75 Å². The summed E-state index contributed by atoms with van der Waals surface area (Å²) in [7, 11) is 1.69. The maximum Gasteiger partial charge on any atom is 0.324 e. The molecule has 0 atom stereocenters. The molecule has 13 nitrogen and oxygen atoms in total. The lowest BCUT2D eigenvalue weighted by atomic mass is 10.2. The van der Waals surface area contributed by atoms with Gasteiger partial charge in [-0.15, -0.1) is 0 Å². The van der Waals surface area contributed by atoms with E-state index in [1.54, 1.807) is 19.6 Å². The Morgan fingerprint density at radius 3 is 2.04 bits per heavy atom. The predicted octanol–water partition coefficient (Wildman–Crippen LogP) is 1.72. The van der Waals surface area contributed by atoms with Gasteiger partial charge in [0, 0.05) is 25.4 Å². The number of hydrogen-bond acceptors (Lipinski definition) is 9. The van der Waals surface area contributed by atoms with E-state index in [4.69, 9.17) is 9.84 Å². The minimum absolute atomic E-state index is 0.447. The van der Waals surface area contributed by atoms with Gasteiger partial charge < -0.3 is 14.8 Å². The quantitative estimate of drug-likeness (QED) is 0.574. The number of aromatic amines is 1. The topological polar surface area (TPSA) is 188 Å². The van der Waals surface area contributed by atoms with Gasteiger partial charge in [0.25, 0.3) is 11.4 Å². The molecule has 0 saturated heterocycles. The third kappa shape index (κ3) is 5.51. The van der Waals surface area contributed by atoms with Gasteiger partial charge in [-0.05, 0) is 0 Å². The van der Waals surface area contributed by atoms with Crippen molar-refractivity contribution in [3.63, 3.8) is 0 Å². The summed E-state index contributed by atoms with van der Waals surface area (Å²) in [5.74, 6) is -1.21. The first-order chi connectivity index (χ1) is 11.8. The number of ether oxygens (including phenoxy) is 1. The molecule has 1 aromatic heterocycles. The van der Waals surface area contributed by atoms with Crippen molar-refractivity contribution in [2.24, 2.45) is 0 Å². The highest BCUT2D eigenvalue weighted by Crippen LogP contribution is 2.38. The van der Waals surface area contributed by atoms with E-state index in [1.807, 2.05) is 0 Å². The number of benzene rings is 1. The lowest BCUT2D eigenvalue weighted by Crippen LogP contribution is -1.97. The van der Waals surface area contributed by atoms with Crippen LogP contribution in [-0.2, 0) is 11.2 Å². The number of imidazole rings is 1. The second-order valence-corrected chi connectivity index (χ2v) is 4.42. The van der Waals surface area contributed by atoms with E-state index in [0.29, 0.717) is 12.1 Å². The van der Waals surface area contributed by atoms with Crippen LogP contribution in [0.1, 0.15) is 5.69 Å². The van der Waals surface area contributed by atoms with Gasteiger partial charge in [0.2, 0.25) is 0 Å². The SMILES string of the molecule is COCCc1cnc[nH]1.O=[N+]([O-])c1cc([N+](=O)[O-])c(O)c([N+](=O)[O-])c1. The molecule has 0 aliphatic rings. The minimum atomic E-state index is -1.21. The molecule has 134 valence electrons. The highest BCUT2D eigenvalue weighted by molar-refractivity contribution is 5.64. The molecule has 2 aromatic rings. The molecule has 0 fully saturated rings. The molecule has 0 radical (unpaired) electrons. The number of non-ortho nitro benzene ring substituents is 1. The summed E-state index contributed by atoms with van der Waals surface area (Å²) in [6.45, 7) is 0.752. The van der Waals surface area contributed by atoms with Crippen LogP contribution in [0.5, 0.6) is 5.75 Å². The molecule has 0 aliphatic heterocycles. The molecule has 0 spiro atoms.